The molecule has 0 bridgehead atoms. The lowest BCUT2D eigenvalue weighted by Crippen LogP contribution is -2.27. The third-order valence-corrected chi connectivity index (χ3v) is 4.14. The van der Waals surface area contributed by atoms with Crippen LogP contribution in [0.1, 0.15) is 49.0 Å². The van der Waals surface area contributed by atoms with Crippen molar-refractivity contribution in [2.24, 2.45) is 5.41 Å². The van der Waals surface area contributed by atoms with Gasteiger partial charge in [0, 0.05) is 24.3 Å². The maximum Gasteiger partial charge on any atom is 0.418 e. The molecule has 5 heteroatoms. The van der Waals surface area contributed by atoms with E-state index in [9.17, 15) is 18.0 Å². The molecule has 1 aromatic rings. The Bertz CT molecular complexity index is 523. The summed E-state index contributed by atoms with van der Waals surface area (Å²) in [6.07, 6.45) is -1.25. The van der Waals surface area contributed by atoms with Crippen LogP contribution in [0.3, 0.4) is 0 Å². The summed E-state index contributed by atoms with van der Waals surface area (Å²) in [5, 5.41) is 0. The zero-order valence-corrected chi connectivity index (χ0v) is 12.3. The smallest absolute Gasteiger partial charge is 0.371 e. The van der Waals surface area contributed by atoms with Crippen molar-refractivity contribution in [3.05, 3.63) is 29.3 Å². The molecular formula is C16H20F3NO. The molecule has 0 atom stereocenters. The van der Waals surface area contributed by atoms with Crippen LogP contribution in [0.2, 0.25) is 0 Å². The Hall–Kier alpha value is -1.52. The highest BCUT2D eigenvalue weighted by Gasteiger charge is 2.36. The molecule has 0 aliphatic carbocycles. The fraction of sp³-hybridized carbons (Fsp3) is 0.562. The number of aldehydes is 1. The van der Waals surface area contributed by atoms with Crippen LogP contribution in [0, 0.1) is 5.41 Å². The summed E-state index contributed by atoms with van der Waals surface area (Å²) < 4.78 is 39.7. The number of alkyl halides is 3. The normalized spacial score (nSPS) is 19.2. The van der Waals surface area contributed by atoms with Crippen molar-refractivity contribution in [3.63, 3.8) is 0 Å². The van der Waals surface area contributed by atoms with Crippen molar-refractivity contribution >= 4 is 12.0 Å². The molecule has 0 N–H and O–H groups in total. The van der Waals surface area contributed by atoms with Crippen LogP contribution in [0.15, 0.2) is 18.2 Å². The molecule has 1 fully saturated rings. The van der Waals surface area contributed by atoms with Crippen molar-refractivity contribution in [3.8, 4) is 0 Å². The van der Waals surface area contributed by atoms with Gasteiger partial charge in [0.25, 0.3) is 0 Å². The number of nitrogens with zero attached hydrogens (tertiary/aromatic N) is 1. The Labute approximate surface area is 122 Å². The molecule has 0 saturated carbocycles. The van der Waals surface area contributed by atoms with Crippen molar-refractivity contribution < 1.29 is 18.0 Å². The van der Waals surface area contributed by atoms with E-state index >= 15 is 0 Å². The van der Waals surface area contributed by atoms with Crippen LogP contribution < -0.4 is 4.90 Å². The van der Waals surface area contributed by atoms with Gasteiger partial charge in [-0.1, -0.05) is 13.8 Å². The Morgan fingerprint density at radius 1 is 1.19 bits per heavy atom. The maximum absolute atomic E-state index is 13.2. The van der Waals surface area contributed by atoms with E-state index in [0.717, 1.165) is 25.3 Å². The number of carbonyl (C=O) groups is 1. The van der Waals surface area contributed by atoms with Gasteiger partial charge < -0.3 is 4.90 Å². The topological polar surface area (TPSA) is 20.3 Å². The van der Waals surface area contributed by atoms with E-state index < -0.39 is 11.7 Å². The van der Waals surface area contributed by atoms with Gasteiger partial charge in [0.1, 0.15) is 6.29 Å². The maximum atomic E-state index is 13.2. The highest BCUT2D eigenvalue weighted by molar-refractivity contribution is 5.77. The van der Waals surface area contributed by atoms with Crippen LogP contribution >= 0.6 is 0 Å². The molecule has 2 nitrogen and oxygen atoms in total. The third-order valence-electron chi connectivity index (χ3n) is 4.14. The lowest BCUT2D eigenvalue weighted by Gasteiger charge is -2.27. The summed E-state index contributed by atoms with van der Waals surface area (Å²) in [7, 11) is 0. The van der Waals surface area contributed by atoms with E-state index in [1.807, 2.05) is 0 Å². The standard InChI is InChI=1S/C16H20F3NO/c1-15(2)6-3-8-20(9-7-15)14-5-4-12(11-21)10-13(14)16(17,18)19/h4-5,10-11H,3,6-9H2,1-2H3. The number of benzene rings is 1. The first-order valence-electron chi connectivity index (χ1n) is 7.14. The minimum Gasteiger partial charge on any atom is -0.371 e. The van der Waals surface area contributed by atoms with Crippen molar-refractivity contribution in [2.45, 2.75) is 39.3 Å². The van der Waals surface area contributed by atoms with E-state index in [1.165, 1.54) is 12.1 Å². The summed E-state index contributed by atoms with van der Waals surface area (Å²) in [5.41, 5.74) is -0.311. The van der Waals surface area contributed by atoms with Crippen LogP contribution in [0.25, 0.3) is 0 Å². The molecule has 1 saturated heterocycles. The van der Waals surface area contributed by atoms with Crippen LogP contribution in [0.4, 0.5) is 18.9 Å². The average Bonchev–Trinajstić information content (AvgIpc) is 2.58. The molecule has 1 heterocycles. The molecule has 1 aliphatic rings. The molecular weight excluding hydrogens is 279 g/mol. The third kappa shape index (κ3) is 3.77. The van der Waals surface area contributed by atoms with Gasteiger partial charge in [-0.2, -0.15) is 13.2 Å². The van der Waals surface area contributed by atoms with Gasteiger partial charge >= 0.3 is 6.18 Å². The quantitative estimate of drug-likeness (QED) is 0.748. The number of hydrogen-bond acceptors (Lipinski definition) is 2. The first-order valence-corrected chi connectivity index (χ1v) is 7.14. The Balaban J connectivity index is 2.36. The number of halogens is 3. The minimum absolute atomic E-state index is 0.0567. The molecule has 21 heavy (non-hydrogen) atoms. The molecule has 0 aromatic heterocycles. The summed E-state index contributed by atoms with van der Waals surface area (Å²) >= 11 is 0. The minimum atomic E-state index is -4.45. The number of anilines is 1. The van der Waals surface area contributed by atoms with Gasteiger partial charge in [-0.15, -0.1) is 0 Å². The first-order chi connectivity index (χ1) is 9.73. The van der Waals surface area contributed by atoms with Gasteiger partial charge in [0.05, 0.1) is 5.56 Å². The fourth-order valence-corrected chi connectivity index (χ4v) is 2.79. The van der Waals surface area contributed by atoms with Crippen molar-refractivity contribution in [2.75, 3.05) is 18.0 Å². The molecule has 0 spiro atoms. The predicted molar refractivity (Wildman–Crippen MR) is 76.7 cm³/mol. The largest absolute Gasteiger partial charge is 0.418 e. The highest BCUT2D eigenvalue weighted by atomic mass is 19.4. The van der Waals surface area contributed by atoms with E-state index in [1.54, 1.807) is 4.90 Å². The lowest BCUT2D eigenvalue weighted by molar-refractivity contribution is -0.137. The Morgan fingerprint density at radius 2 is 1.90 bits per heavy atom. The zero-order valence-electron chi connectivity index (χ0n) is 12.3. The van der Waals surface area contributed by atoms with Gasteiger partial charge in [0.2, 0.25) is 0 Å². The lowest BCUT2D eigenvalue weighted by atomic mass is 9.85. The number of rotatable bonds is 2. The highest BCUT2D eigenvalue weighted by Crippen LogP contribution is 2.39. The summed E-state index contributed by atoms with van der Waals surface area (Å²) in [6, 6.07) is 3.82. The van der Waals surface area contributed by atoms with E-state index in [2.05, 4.69) is 13.8 Å². The van der Waals surface area contributed by atoms with Gasteiger partial charge in [-0.25, -0.2) is 0 Å². The molecule has 2 rings (SSSR count). The van der Waals surface area contributed by atoms with Crippen LogP contribution in [0.5, 0.6) is 0 Å². The molecule has 0 radical (unpaired) electrons. The summed E-state index contributed by atoms with van der Waals surface area (Å²) in [6.45, 7) is 5.52. The van der Waals surface area contributed by atoms with Crippen molar-refractivity contribution in [1.82, 2.24) is 0 Å². The van der Waals surface area contributed by atoms with E-state index in [4.69, 9.17) is 0 Å². The monoisotopic (exact) mass is 299 g/mol. The fourth-order valence-electron chi connectivity index (χ4n) is 2.79. The Morgan fingerprint density at radius 3 is 2.52 bits per heavy atom. The average molecular weight is 299 g/mol. The van der Waals surface area contributed by atoms with Crippen LogP contribution in [-0.2, 0) is 6.18 Å². The predicted octanol–water partition coefficient (Wildman–Crippen LogP) is 4.53. The van der Waals surface area contributed by atoms with Gasteiger partial charge in [-0.05, 0) is 42.9 Å². The van der Waals surface area contributed by atoms with Crippen LogP contribution in [-0.4, -0.2) is 19.4 Å². The molecule has 1 aliphatic heterocycles. The molecule has 1 aromatic carbocycles. The SMILES string of the molecule is CC1(C)CCCN(c2ccc(C=O)cc2C(F)(F)F)CC1. The number of carbonyl (C=O) groups excluding carboxylic acids is 1. The summed E-state index contributed by atoms with van der Waals surface area (Å²) in [5.74, 6) is 0. The van der Waals surface area contributed by atoms with E-state index in [-0.39, 0.29) is 16.7 Å². The van der Waals surface area contributed by atoms with Gasteiger partial charge in [-0.3, -0.25) is 4.79 Å². The zero-order chi connectivity index (χ0) is 15.7. The van der Waals surface area contributed by atoms with Crippen molar-refractivity contribution in [1.29, 1.82) is 0 Å². The molecule has 0 unspecified atom stereocenters. The molecule has 0 amide bonds. The second-order valence-electron chi connectivity index (χ2n) is 6.40. The Kier molecular flexibility index (Phi) is 4.30. The van der Waals surface area contributed by atoms with E-state index in [0.29, 0.717) is 19.4 Å². The molecule has 116 valence electrons. The second kappa shape index (κ2) is 5.70. The first kappa shape index (κ1) is 15.9. The van der Waals surface area contributed by atoms with Gasteiger partial charge in [0.15, 0.2) is 0 Å². The summed E-state index contributed by atoms with van der Waals surface area (Å²) in [4.78, 5) is 12.5. The second-order valence-corrected chi connectivity index (χ2v) is 6.40. The number of hydrogen-bond donors (Lipinski definition) is 0.